The Bertz CT molecular complexity index is 377. The van der Waals surface area contributed by atoms with Gasteiger partial charge in [0.15, 0.2) is 0 Å². The van der Waals surface area contributed by atoms with Crippen LogP contribution in [-0.2, 0) is 0 Å². The molecule has 1 aliphatic carbocycles. The second-order valence-electron chi connectivity index (χ2n) is 5.28. The van der Waals surface area contributed by atoms with Crippen molar-refractivity contribution in [3.63, 3.8) is 0 Å². The Labute approximate surface area is 108 Å². The summed E-state index contributed by atoms with van der Waals surface area (Å²) in [5.41, 5.74) is 0.378. The molecule has 0 spiro atoms. The number of nitrogens with one attached hydrogen (secondary N) is 1. The van der Waals surface area contributed by atoms with Crippen molar-refractivity contribution >= 4 is 0 Å². The van der Waals surface area contributed by atoms with E-state index < -0.39 is 6.10 Å². The molecule has 18 heavy (non-hydrogen) atoms. The predicted molar refractivity (Wildman–Crippen MR) is 70.8 cm³/mol. The monoisotopic (exact) mass is 251 g/mol. The van der Waals surface area contributed by atoms with Crippen LogP contribution < -0.4 is 5.32 Å². The molecule has 2 atom stereocenters. The van der Waals surface area contributed by atoms with Gasteiger partial charge in [0.25, 0.3) is 0 Å². The second kappa shape index (κ2) is 6.30. The number of rotatable bonds is 5. The lowest BCUT2D eigenvalue weighted by atomic mass is 9.99. The van der Waals surface area contributed by atoms with Crippen LogP contribution in [0.4, 0.5) is 4.39 Å². The van der Waals surface area contributed by atoms with Crippen molar-refractivity contribution in [3.8, 4) is 0 Å². The maximum atomic E-state index is 13.5. The molecule has 2 N–H and O–H groups in total. The van der Waals surface area contributed by atoms with Crippen LogP contribution in [0.3, 0.4) is 0 Å². The number of halogens is 1. The molecule has 0 bridgehead atoms. The summed E-state index contributed by atoms with van der Waals surface area (Å²) in [5, 5.41) is 13.3. The molecule has 1 saturated carbocycles. The fourth-order valence-corrected chi connectivity index (χ4v) is 2.78. The number of hydrogen-bond donors (Lipinski definition) is 2. The highest BCUT2D eigenvalue weighted by molar-refractivity contribution is 5.20. The fourth-order valence-electron chi connectivity index (χ4n) is 2.78. The first-order valence-electron chi connectivity index (χ1n) is 6.84. The second-order valence-corrected chi connectivity index (χ2v) is 5.28. The van der Waals surface area contributed by atoms with E-state index in [1.54, 1.807) is 18.2 Å². The Morgan fingerprint density at radius 3 is 2.67 bits per heavy atom. The maximum absolute atomic E-state index is 13.5. The molecule has 0 radical (unpaired) electrons. The third-order valence-corrected chi connectivity index (χ3v) is 4.00. The lowest BCUT2D eigenvalue weighted by Crippen LogP contribution is -2.35. The van der Waals surface area contributed by atoms with Crippen molar-refractivity contribution in [2.24, 2.45) is 5.92 Å². The van der Waals surface area contributed by atoms with E-state index >= 15 is 0 Å². The number of benzene rings is 1. The Morgan fingerprint density at radius 1 is 1.33 bits per heavy atom. The first-order valence-corrected chi connectivity index (χ1v) is 6.84. The van der Waals surface area contributed by atoms with Gasteiger partial charge in [0.05, 0.1) is 6.10 Å². The van der Waals surface area contributed by atoms with Gasteiger partial charge in [-0.1, -0.05) is 31.0 Å². The molecule has 1 unspecified atom stereocenters. The van der Waals surface area contributed by atoms with Crippen molar-refractivity contribution in [1.82, 2.24) is 5.32 Å². The molecule has 0 aliphatic heterocycles. The average molecular weight is 251 g/mol. The Hall–Kier alpha value is -0.930. The molecular formula is C15H22FNO. The summed E-state index contributed by atoms with van der Waals surface area (Å²) < 4.78 is 13.5. The molecule has 1 aromatic rings. The lowest BCUT2D eigenvalue weighted by molar-refractivity contribution is 0.161. The SMILES string of the molecule is C[C@@H](NCC(O)c1ccccc1F)C1CCCC1. The van der Waals surface area contributed by atoms with Gasteiger partial charge in [-0.25, -0.2) is 4.39 Å². The molecular weight excluding hydrogens is 229 g/mol. The van der Waals surface area contributed by atoms with Crippen LogP contribution in [0.2, 0.25) is 0 Å². The third kappa shape index (κ3) is 3.30. The normalized spacial score (nSPS) is 19.9. The van der Waals surface area contributed by atoms with Crippen molar-refractivity contribution in [3.05, 3.63) is 35.6 Å². The maximum Gasteiger partial charge on any atom is 0.129 e. The minimum atomic E-state index is -0.768. The molecule has 0 amide bonds. The van der Waals surface area contributed by atoms with E-state index in [4.69, 9.17) is 0 Å². The smallest absolute Gasteiger partial charge is 0.129 e. The van der Waals surface area contributed by atoms with Gasteiger partial charge in [-0.2, -0.15) is 0 Å². The summed E-state index contributed by atoms with van der Waals surface area (Å²) >= 11 is 0. The van der Waals surface area contributed by atoms with Crippen molar-refractivity contribution < 1.29 is 9.50 Å². The molecule has 2 nitrogen and oxygen atoms in total. The Kier molecular flexibility index (Phi) is 4.72. The van der Waals surface area contributed by atoms with E-state index in [9.17, 15) is 9.50 Å². The molecule has 100 valence electrons. The summed E-state index contributed by atoms with van der Waals surface area (Å²) in [7, 11) is 0. The van der Waals surface area contributed by atoms with Gasteiger partial charge >= 0.3 is 0 Å². The topological polar surface area (TPSA) is 32.3 Å². The average Bonchev–Trinajstić information content (AvgIpc) is 2.90. The zero-order chi connectivity index (χ0) is 13.0. The summed E-state index contributed by atoms with van der Waals surface area (Å²) in [6.45, 7) is 2.57. The molecule has 0 saturated heterocycles. The molecule has 0 heterocycles. The summed E-state index contributed by atoms with van der Waals surface area (Å²) in [5.74, 6) is 0.373. The van der Waals surface area contributed by atoms with Gasteiger partial charge in [-0.05, 0) is 31.7 Å². The number of aliphatic hydroxyl groups is 1. The van der Waals surface area contributed by atoms with E-state index in [-0.39, 0.29) is 5.82 Å². The van der Waals surface area contributed by atoms with Crippen LogP contribution in [0.5, 0.6) is 0 Å². The van der Waals surface area contributed by atoms with Gasteiger partial charge in [-0.3, -0.25) is 0 Å². The summed E-state index contributed by atoms with van der Waals surface area (Å²) in [6, 6.07) is 6.82. The molecule has 1 aliphatic rings. The van der Waals surface area contributed by atoms with Gasteiger partial charge in [0.2, 0.25) is 0 Å². The van der Waals surface area contributed by atoms with E-state index in [1.807, 2.05) is 0 Å². The first kappa shape index (κ1) is 13.5. The standard InChI is InChI=1S/C15H22FNO/c1-11(12-6-2-3-7-12)17-10-15(18)13-8-4-5-9-14(13)16/h4-5,8-9,11-12,15,17-18H,2-3,6-7,10H2,1H3/t11-,15?/m1/s1. The minimum absolute atomic E-state index is 0.333. The summed E-state index contributed by atoms with van der Waals surface area (Å²) in [6.07, 6.45) is 4.39. The quantitative estimate of drug-likeness (QED) is 0.843. The molecule has 1 aromatic carbocycles. The van der Waals surface area contributed by atoms with E-state index in [2.05, 4.69) is 12.2 Å². The number of hydrogen-bond acceptors (Lipinski definition) is 2. The minimum Gasteiger partial charge on any atom is -0.387 e. The van der Waals surface area contributed by atoms with Crippen LogP contribution in [0.15, 0.2) is 24.3 Å². The summed E-state index contributed by atoms with van der Waals surface area (Å²) in [4.78, 5) is 0. The highest BCUT2D eigenvalue weighted by Gasteiger charge is 2.22. The van der Waals surface area contributed by atoms with Gasteiger partial charge in [0.1, 0.15) is 5.82 Å². The van der Waals surface area contributed by atoms with Crippen LogP contribution in [0.1, 0.15) is 44.3 Å². The third-order valence-electron chi connectivity index (χ3n) is 4.00. The first-order chi connectivity index (χ1) is 8.68. The van der Waals surface area contributed by atoms with E-state index in [0.717, 1.165) is 0 Å². The van der Waals surface area contributed by atoms with Crippen LogP contribution in [0.25, 0.3) is 0 Å². The van der Waals surface area contributed by atoms with Crippen molar-refractivity contribution in [2.45, 2.75) is 44.8 Å². The Balaban J connectivity index is 1.84. The highest BCUT2D eigenvalue weighted by Crippen LogP contribution is 2.27. The van der Waals surface area contributed by atoms with E-state index in [1.165, 1.54) is 31.7 Å². The van der Waals surface area contributed by atoms with Gasteiger partial charge in [-0.15, -0.1) is 0 Å². The molecule has 3 heteroatoms. The molecule has 0 aromatic heterocycles. The van der Waals surface area contributed by atoms with E-state index in [0.29, 0.717) is 24.1 Å². The van der Waals surface area contributed by atoms with Crippen LogP contribution >= 0.6 is 0 Å². The number of aliphatic hydroxyl groups excluding tert-OH is 1. The van der Waals surface area contributed by atoms with Crippen LogP contribution in [0, 0.1) is 11.7 Å². The van der Waals surface area contributed by atoms with Crippen molar-refractivity contribution in [1.29, 1.82) is 0 Å². The van der Waals surface area contributed by atoms with Crippen molar-refractivity contribution in [2.75, 3.05) is 6.54 Å². The highest BCUT2D eigenvalue weighted by atomic mass is 19.1. The lowest BCUT2D eigenvalue weighted by Gasteiger charge is -2.22. The van der Waals surface area contributed by atoms with Crippen LogP contribution in [-0.4, -0.2) is 17.7 Å². The molecule has 2 rings (SSSR count). The fraction of sp³-hybridized carbons (Fsp3) is 0.600. The zero-order valence-corrected chi connectivity index (χ0v) is 10.9. The zero-order valence-electron chi connectivity index (χ0n) is 10.9. The van der Waals surface area contributed by atoms with Gasteiger partial charge < -0.3 is 10.4 Å². The molecule has 1 fully saturated rings. The largest absolute Gasteiger partial charge is 0.387 e. The Morgan fingerprint density at radius 2 is 2.00 bits per heavy atom. The predicted octanol–water partition coefficient (Wildman–Crippen LogP) is 3.03. The van der Waals surface area contributed by atoms with Gasteiger partial charge in [0, 0.05) is 18.2 Å².